The molecular formula is C16H27ClN4O3S. The molecule has 1 fully saturated rings. The van der Waals surface area contributed by atoms with Gasteiger partial charge in [0, 0.05) is 31.9 Å². The molecule has 2 rings (SSSR count). The number of carbonyl (C=O) groups is 1. The Labute approximate surface area is 156 Å². The van der Waals surface area contributed by atoms with Crippen LogP contribution in [0.2, 0.25) is 0 Å². The lowest BCUT2D eigenvalue weighted by Gasteiger charge is -2.19. The smallest absolute Gasteiger partial charge is 0.235 e. The van der Waals surface area contributed by atoms with Crippen molar-refractivity contribution >= 4 is 28.3 Å². The van der Waals surface area contributed by atoms with Gasteiger partial charge in [-0.3, -0.25) is 14.7 Å². The van der Waals surface area contributed by atoms with E-state index in [1.807, 2.05) is 18.2 Å². The van der Waals surface area contributed by atoms with Crippen molar-refractivity contribution in [3.05, 3.63) is 30.1 Å². The number of sulfonamides is 1. The van der Waals surface area contributed by atoms with Gasteiger partial charge in [-0.2, -0.15) is 0 Å². The summed E-state index contributed by atoms with van der Waals surface area (Å²) in [7, 11) is -3.36. The van der Waals surface area contributed by atoms with Crippen molar-refractivity contribution in [2.45, 2.75) is 32.4 Å². The maximum Gasteiger partial charge on any atom is 0.235 e. The molecule has 25 heavy (non-hydrogen) atoms. The van der Waals surface area contributed by atoms with E-state index in [0.717, 1.165) is 44.4 Å². The van der Waals surface area contributed by atoms with Gasteiger partial charge in [0.25, 0.3) is 0 Å². The highest BCUT2D eigenvalue weighted by Gasteiger charge is 2.33. The number of carbonyl (C=O) groups excluding carboxylic acids is 1. The summed E-state index contributed by atoms with van der Waals surface area (Å²) in [5.74, 6) is 0.0899. The molecule has 2 atom stereocenters. The first-order valence-corrected chi connectivity index (χ1v) is 10.1. The molecule has 1 aromatic rings. The van der Waals surface area contributed by atoms with Crippen LogP contribution < -0.4 is 10.0 Å². The van der Waals surface area contributed by atoms with E-state index in [1.165, 1.54) is 0 Å². The lowest BCUT2D eigenvalue weighted by atomic mass is 9.98. The van der Waals surface area contributed by atoms with Crippen LogP contribution >= 0.6 is 12.4 Å². The summed E-state index contributed by atoms with van der Waals surface area (Å²) in [6.07, 6.45) is 4.91. The first kappa shape index (κ1) is 21.8. The van der Waals surface area contributed by atoms with Gasteiger partial charge in [0.15, 0.2) is 0 Å². The Morgan fingerprint density at radius 1 is 1.36 bits per heavy atom. The monoisotopic (exact) mass is 390 g/mol. The highest BCUT2D eigenvalue weighted by molar-refractivity contribution is 7.88. The van der Waals surface area contributed by atoms with Gasteiger partial charge < -0.3 is 5.32 Å². The molecule has 1 aromatic heterocycles. The van der Waals surface area contributed by atoms with Crippen LogP contribution in [-0.2, 0) is 21.4 Å². The molecule has 0 spiro atoms. The van der Waals surface area contributed by atoms with E-state index in [1.54, 1.807) is 6.20 Å². The van der Waals surface area contributed by atoms with Crippen LogP contribution in [0.3, 0.4) is 0 Å². The molecule has 1 saturated heterocycles. The van der Waals surface area contributed by atoms with Crippen molar-refractivity contribution in [1.82, 2.24) is 19.9 Å². The Hall–Kier alpha value is -1.22. The predicted molar refractivity (Wildman–Crippen MR) is 99.9 cm³/mol. The molecule has 0 radical (unpaired) electrons. The van der Waals surface area contributed by atoms with E-state index in [-0.39, 0.29) is 30.9 Å². The second-order valence-corrected chi connectivity index (χ2v) is 8.16. The van der Waals surface area contributed by atoms with Crippen molar-refractivity contribution in [2.75, 3.05) is 25.9 Å². The van der Waals surface area contributed by atoms with E-state index < -0.39 is 10.0 Å². The van der Waals surface area contributed by atoms with E-state index in [9.17, 15) is 13.2 Å². The van der Waals surface area contributed by atoms with Gasteiger partial charge in [-0.25, -0.2) is 13.1 Å². The number of hydrogen-bond acceptors (Lipinski definition) is 5. The van der Waals surface area contributed by atoms with Gasteiger partial charge in [0.05, 0.1) is 18.5 Å². The zero-order chi connectivity index (χ0) is 17.6. The fraction of sp³-hybridized carbons (Fsp3) is 0.625. The minimum Gasteiger partial charge on any atom is -0.351 e. The zero-order valence-corrected chi connectivity index (χ0v) is 16.3. The van der Waals surface area contributed by atoms with Gasteiger partial charge in [-0.05, 0) is 24.5 Å². The second-order valence-electron chi connectivity index (χ2n) is 6.33. The third-order valence-electron chi connectivity index (χ3n) is 4.13. The van der Waals surface area contributed by atoms with Crippen LogP contribution in [0, 0.1) is 5.92 Å². The summed E-state index contributed by atoms with van der Waals surface area (Å²) in [6.45, 7) is 4.34. The van der Waals surface area contributed by atoms with Crippen LogP contribution in [0.4, 0.5) is 0 Å². The summed E-state index contributed by atoms with van der Waals surface area (Å²) in [6, 6.07) is 5.91. The van der Waals surface area contributed by atoms with E-state index in [4.69, 9.17) is 0 Å². The number of nitrogens with zero attached hydrogens (tertiary/aromatic N) is 2. The van der Waals surface area contributed by atoms with Crippen LogP contribution in [-0.4, -0.2) is 56.1 Å². The molecule has 7 nitrogen and oxygen atoms in total. The van der Waals surface area contributed by atoms with Gasteiger partial charge in [-0.1, -0.05) is 19.4 Å². The third kappa shape index (κ3) is 7.68. The Morgan fingerprint density at radius 2 is 2.12 bits per heavy atom. The summed E-state index contributed by atoms with van der Waals surface area (Å²) in [5, 5.41) is 2.97. The van der Waals surface area contributed by atoms with E-state index >= 15 is 0 Å². The maximum absolute atomic E-state index is 12.0. The summed E-state index contributed by atoms with van der Waals surface area (Å²) in [4.78, 5) is 18.6. The molecule has 0 bridgehead atoms. The zero-order valence-electron chi connectivity index (χ0n) is 14.6. The molecule has 0 aromatic carbocycles. The highest BCUT2D eigenvalue weighted by atomic mass is 35.5. The molecule has 1 amide bonds. The molecule has 142 valence electrons. The standard InChI is InChI=1S/C16H26N4O3S.ClH/c1-3-6-13-10-20(11-14-7-4-5-8-17-14)12-15(13)19-16(21)9-18-24(2,22)23;/h4-5,7-8,13,15,18H,3,6,9-12H2,1-2H3,(H,19,21);1H/t13-,15-;/m0./s1. The molecule has 0 unspecified atom stereocenters. The normalized spacial score (nSPS) is 20.9. The largest absolute Gasteiger partial charge is 0.351 e. The average Bonchev–Trinajstić information content (AvgIpc) is 2.87. The first-order valence-electron chi connectivity index (χ1n) is 8.23. The third-order valence-corrected chi connectivity index (χ3v) is 4.80. The first-order chi connectivity index (χ1) is 11.4. The van der Waals surface area contributed by atoms with E-state index in [0.29, 0.717) is 5.92 Å². The minimum atomic E-state index is -3.36. The lowest BCUT2D eigenvalue weighted by Crippen LogP contribution is -2.45. The molecule has 9 heteroatoms. The Morgan fingerprint density at radius 3 is 2.72 bits per heavy atom. The minimum absolute atomic E-state index is 0. The number of halogens is 1. The van der Waals surface area contributed by atoms with Crippen molar-refractivity contribution in [3.63, 3.8) is 0 Å². The maximum atomic E-state index is 12.0. The Bertz CT molecular complexity index is 642. The molecule has 0 saturated carbocycles. The predicted octanol–water partition coefficient (Wildman–Crippen LogP) is 0.769. The van der Waals surface area contributed by atoms with E-state index in [2.05, 4.69) is 26.8 Å². The molecule has 1 aliphatic heterocycles. The van der Waals surface area contributed by atoms with Crippen LogP contribution in [0.15, 0.2) is 24.4 Å². The SMILES string of the molecule is CCC[C@H]1CN(Cc2ccccn2)C[C@@H]1NC(=O)CNS(C)(=O)=O.Cl. The van der Waals surface area contributed by atoms with Gasteiger partial charge in [0.1, 0.15) is 0 Å². The summed E-state index contributed by atoms with van der Waals surface area (Å²) in [5.41, 5.74) is 1.01. The van der Waals surface area contributed by atoms with Crippen molar-refractivity contribution in [1.29, 1.82) is 0 Å². The summed E-state index contributed by atoms with van der Waals surface area (Å²) < 4.78 is 24.4. The Kier molecular flexibility index (Phi) is 8.78. The van der Waals surface area contributed by atoms with Gasteiger partial charge >= 0.3 is 0 Å². The topological polar surface area (TPSA) is 91.4 Å². The number of nitrogens with one attached hydrogen (secondary N) is 2. The van der Waals surface area contributed by atoms with Crippen LogP contribution in [0.5, 0.6) is 0 Å². The fourth-order valence-corrected chi connectivity index (χ4v) is 3.49. The number of hydrogen-bond donors (Lipinski definition) is 2. The molecular weight excluding hydrogens is 364 g/mol. The number of aromatic nitrogens is 1. The quantitative estimate of drug-likeness (QED) is 0.684. The number of pyridine rings is 1. The van der Waals surface area contributed by atoms with Crippen molar-refractivity contribution in [2.24, 2.45) is 5.92 Å². The number of rotatable bonds is 8. The molecule has 1 aliphatic rings. The van der Waals surface area contributed by atoms with Crippen molar-refractivity contribution in [3.8, 4) is 0 Å². The number of likely N-dealkylation sites (tertiary alicyclic amines) is 1. The fourth-order valence-electron chi connectivity index (χ4n) is 3.09. The number of amides is 1. The summed E-state index contributed by atoms with van der Waals surface area (Å²) >= 11 is 0. The molecule has 0 aliphatic carbocycles. The van der Waals surface area contributed by atoms with Gasteiger partial charge in [-0.15, -0.1) is 12.4 Å². The van der Waals surface area contributed by atoms with Gasteiger partial charge in [0.2, 0.25) is 15.9 Å². The second kappa shape index (κ2) is 10.1. The average molecular weight is 391 g/mol. The van der Waals surface area contributed by atoms with Crippen LogP contribution in [0.1, 0.15) is 25.5 Å². The van der Waals surface area contributed by atoms with Crippen molar-refractivity contribution < 1.29 is 13.2 Å². The highest BCUT2D eigenvalue weighted by Crippen LogP contribution is 2.23. The Balaban J connectivity index is 0.00000312. The lowest BCUT2D eigenvalue weighted by molar-refractivity contribution is -0.120. The van der Waals surface area contributed by atoms with Crippen LogP contribution in [0.25, 0.3) is 0 Å². The molecule has 2 N–H and O–H groups in total. The molecule has 2 heterocycles.